The third kappa shape index (κ3) is 5.57. The normalized spacial score (nSPS) is 17.7. The monoisotopic (exact) mass is 850 g/mol. The van der Waals surface area contributed by atoms with Gasteiger partial charge in [-0.25, -0.2) is 0 Å². The van der Waals surface area contributed by atoms with E-state index in [1.54, 1.807) is 0 Å². The highest BCUT2D eigenvalue weighted by Gasteiger charge is 2.41. The molecule has 66 heavy (non-hydrogen) atoms. The quantitative estimate of drug-likeness (QED) is 0.177. The Morgan fingerprint density at radius 2 is 1.09 bits per heavy atom. The fraction of sp³-hybridized carbons (Fsp3) is 0.161. The Kier molecular flexibility index (Phi) is 8.52. The van der Waals surface area contributed by atoms with E-state index in [0.717, 1.165) is 69.0 Å². The van der Waals surface area contributed by atoms with Gasteiger partial charge >= 0.3 is 0 Å². The number of hydrogen-bond donors (Lipinski definition) is 0. The van der Waals surface area contributed by atoms with Gasteiger partial charge in [-0.05, 0) is 122 Å². The van der Waals surface area contributed by atoms with Crippen molar-refractivity contribution in [3.63, 3.8) is 0 Å². The van der Waals surface area contributed by atoms with Gasteiger partial charge in [-0.15, -0.1) is 0 Å². The van der Waals surface area contributed by atoms with Crippen LogP contribution < -0.4 is 20.2 Å². The summed E-state index contributed by atoms with van der Waals surface area (Å²) < 4.78 is 0. The van der Waals surface area contributed by atoms with Crippen molar-refractivity contribution in [2.45, 2.75) is 63.8 Å². The van der Waals surface area contributed by atoms with E-state index < -0.39 is 0 Å². The highest BCUT2D eigenvalue weighted by atomic mass is 15.2. The number of hydrogen-bond acceptors (Lipinski definition) is 4. The number of para-hydroxylation sites is 3. The molecule has 9 aromatic rings. The van der Waals surface area contributed by atoms with Crippen molar-refractivity contribution in [3.8, 4) is 22.5 Å². The van der Waals surface area contributed by atoms with E-state index in [-0.39, 0.29) is 16.9 Å². The first-order valence-electron chi connectivity index (χ1n) is 23.6. The van der Waals surface area contributed by atoms with Crippen molar-refractivity contribution in [2.75, 3.05) is 9.80 Å². The van der Waals surface area contributed by atoms with E-state index in [0.29, 0.717) is 0 Å². The fourth-order valence-corrected chi connectivity index (χ4v) is 12.2. The lowest BCUT2D eigenvalue weighted by Crippen LogP contribution is -2.45. The van der Waals surface area contributed by atoms with Crippen molar-refractivity contribution < 1.29 is 0 Å². The minimum atomic E-state index is -0.166. The van der Waals surface area contributed by atoms with Gasteiger partial charge in [0.1, 0.15) is 0 Å². The molecule has 0 fully saturated rings. The third-order valence-corrected chi connectivity index (χ3v) is 15.3. The first kappa shape index (κ1) is 38.9. The second kappa shape index (κ2) is 14.5. The average molecular weight is 851 g/mol. The number of rotatable bonds is 4. The first-order chi connectivity index (χ1) is 32.3. The molecule has 7 aromatic carbocycles. The second-order valence-corrected chi connectivity index (χ2v) is 19.6. The molecule has 0 amide bonds. The van der Waals surface area contributed by atoms with Crippen LogP contribution in [0.1, 0.15) is 63.6 Å². The third-order valence-electron chi connectivity index (χ3n) is 15.3. The molecule has 1 unspecified atom stereocenters. The van der Waals surface area contributed by atoms with E-state index in [9.17, 15) is 0 Å². The molecule has 2 aromatic heterocycles. The van der Waals surface area contributed by atoms with Crippen LogP contribution in [0, 0.1) is 0 Å². The zero-order valence-electron chi connectivity index (χ0n) is 37.9. The Morgan fingerprint density at radius 1 is 0.530 bits per heavy atom. The SMILES string of the molecule is CC1(C)C2=C(C=CCC2)N(C2C=c3c(-c4nccc5ccccc45)c4ccc(N5c6ccccc6C(C)(C)c6ccccc65)cc4c(-c4nccc5ccccc45)c3=CC2)c2ccccc21. The van der Waals surface area contributed by atoms with Gasteiger partial charge in [-0.1, -0.05) is 155 Å². The summed E-state index contributed by atoms with van der Waals surface area (Å²) in [5.74, 6) is 0. The summed E-state index contributed by atoms with van der Waals surface area (Å²) >= 11 is 0. The molecular weight excluding hydrogens is 801 g/mol. The molecule has 0 N–H and O–H groups in total. The topological polar surface area (TPSA) is 32.3 Å². The number of anilines is 4. The van der Waals surface area contributed by atoms with Crippen LogP contribution in [-0.2, 0) is 10.8 Å². The number of benzene rings is 7. The van der Waals surface area contributed by atoms with Crippen molar-refractivity contribution in [1.82, 2.24) is 9.97 Å². The molecule has 4 heteroatoms. The Hall–Kier alpha value is -7.56. The van der Waals surface area contributed by atoms with E-state index in [1.165, 1.54) is 66.2 Å². The Morgan fingerprint density at radius 3 is 1.74 bits per heavy atom. The van der Waals surface area contributed by atoms with E-state index >= 15 is 0 Å². The number of fused-ring (bicyclic) bond motifs is 7. The molecule has 2 aliphatic carbocycles. The van der Waals surface area contributed by atoms with Crippen molar-refractivity contribution >= 4 is 67.2 Å². The molecule has 13 rings (SSSR count). The molecule has 4 heterocycles. The molecule has 0 saturated carbocycles. The highest BCUT2D eigenvalue weighted by molar-refractivity contribution is 6.13. The molecule has 4 aliphatic rings. The fourth-order valence-electron chi connectivity index (χ4n) is 12.2. The molecule has 4 nitrogen and oxygen atoms in total. The molecule has 0 spiro atoms. The molecule has 318 valence electrons. The van der Waals surface area contributed by atoms with Crippen LogP contribution >= 0.6 is 0 Å². The maximum Gasteiger partial charge on any atom is 0.0792 e. The van der Waals surface area contributed by atoms with Gasteiger partial charge in [0.25, 0.3) is 0 Å². The molecule has 2 aliphatic heterocycles. The van der Waals surface area contributed by atoms with Crippen molar-refractivity contribution in [2.24, 2.45) is 0 Å². The van der Waals surface area contributed by atoms with Gasteiger partial charge < -0.3 is 9.80 Å². The van der Waals surface area contributed by atoms with Gasteiger partial charge in [-0.2, -0.15) is 0 Å². The molecule has 0 radical (unpaired) electrons. The van der Waals surface area contributed by atoms with Gasteiger partial charge in [0.2, 0.25) is 0 Å². The van der Waals surface area contributed by atoms with Crippen LogP contribution in [0.2, 0.25) is 0 Å². The summed E-state index contributed by atoms with van der Waals surface area (Å²) in [5, 5.41) is 9.38. The Balaban J connectivity index is 1.16. The summed E-state index contributed by atoms with van der Waals surface area (Å²) in [5.41, 5.74) is 15.8. The zero-order chi connectivity index (χ0) is 44.3. The van der Waals surface area contributed by atoms with Crippen LogP contribution in [0.15, 0.2) is 187 Å². The van der Waals surface area contributed by atoms with Crippen LogP contribution in [0.25, 0.3) is 67.0 Å². The average Bonchev–Trinajstić information content (AvgIpc) is 3.36. The Labute approximate surface area is 386 Å². The maximum atomic E-state index is 5.34. The second-order valence-electron chi connectivity index (χ2n) is 19.6. The van der Waals surface area contributed by atoms with Gasteiger partial charge in [0, 0.05) is 62.2 Å². The number of pyridine rings is 2. The summed E-state index contributed by atoms with van der Waals surface area (Å²) in [4.78, 5) is 15.8. The minimum absolute atomic E-state index is 0.0611. The molecular formula is C62H50N4. The van der Waals surface area contributed by atoms with Crippen LogP contribution in [0.4, 0.5) is 22.7 Å². The predicted octanol–water partition coefficient (Wildman–Crippen LogP) is 14.1. The summed E-state index contributed by atoms with van der Waals surface area (Å²) in [7, 11) is 0. The summed E-state index contributed by atoms with van der Waals surface area (Å²) in [6, 6.07) is 56.0. The largest absolute Gasteiger partial charge is 0.334 e. The van der Waals surface area contributed by atoms with Gasteiger partial charge in [0.05, 0.1) is 28.8 Å². The number of aromatic nitrogens is 2. The first-order valence-corrected chi connectivity index (χ1v) is 23.6. The predicted molar refractivity (Wildman–Crippen MR) is 276 cm³/mol. The summed E-state index contributed by atoms with van der Waals surface area (Å²) in [6.07, 6.45) is 16.8. The highest BCUT2D eigenvalue weighted by Crippen LogP contribution is 2.53. The number of allylic oxidation sites excluding steroid dienone is 3. The van der Waals surface area contributed by atoms with Crippen molar-refractivity contribution in [3.05, 3.63) is 215 Å². The zero-order valence-corrected chi connectivity index (χ0v) is 37.9. The van der Waals surface area contributed by atoms with Gasteiger partial charge in [0.15, 0.2) is 0 Å². The summed E-state index contributed by atoms with van der Waals surface area (Å²) in [6.45, 7) is 9.54. The van der Waals surface area contributed by atoms with Gasteiger partial charge in [-0.3, -0.25) is 9.97 Å². The minimum Gasteiger partial charge on any atom is -0.334 e. The van der Waals surface area contributed by atoms with Crippen LogP contribution in [0.3, 0.4) is 0 Å². The molecule has 1 atom stereocenters. The van der Waals surface area contributed by atoms with Crippen LogP contribution in [0.5, 0.6) is 0 Å². The van der Waals surface area contributed by atoms with E-state index in [2.05, 4.69) is 213 Å². The molecule has 0 bridgehead atoms. The standard InChI is InChI=1S/C62H50N4/c1-61(2)49-21-9-13-25-53(49)65(54-26-14-10-22-50(54)61)41-29-31-45-47(37-41)57(59-43-19-7-5-17-39(43)33-35-63-59)46-32-30-42(38-48(46)58(45)60-44-20-8-6-18-40(44)34-36-64-60)66-55-27-15-11-23-51(55)62(3,4)52-24-12-16-28-56(52)66/h5-11,13-23,25-29,31-38,42H,12,24,30H2,1-4H3. The maximum absolute atomic E-state index is 5.34. The smallest absolute Gasteiger partial charge is 0.0792 e. The van der Waals surface area contributed by atoms with E-state index in [4.69, 9.17) is 9.97 Å². The number of nitrogens with zero attached hydrogens (tertiary/aromatic N) is 4. The van der Waals surface area contributed by atoms with E-state index in [1.807, 2.05) is 12.4 Å². The molecule has 0 saturated heterocycles. The lowest BCUT2D eigenvalue weighted by molar-refractivity contribution is 0.557. The lowest BCUT2D eigenvalue weighted by Gasteiger charge is -2.47. The van der Waals surface area contributed by atoms with Crippen molar-refractivity contribution in [1.29, 1.82) is 0 Å². The van der Waals surface area contributed by atoms with Crippen LogP contribution in [-0.4, -0.2) is 16.0 Å². The Bertz CT molecular complexity index is 3660. The lowest BCUT2D eigenvalue weighted by atomic mass is 9.70.